The van der Waals surface area contributed by atoms with Gasteiger partial charge in [-0.3, -0.25) is 0 Å². The number of halogens is 4. The van der Waals surface area contributed by atoms with Crippen LogP contribution in [-0.2, 0) is 9.31 Å². The molecule has 2 rings (SSSR count). The first-order chi connectivity index (χ1) is 11.8. The van der Waals surface area contributed by atoms with E-state index in [1.54, 1.807) is 18.2 Å². The maximum Gasteiger partial charge on any atom is 0.525 e. The fourth-order valence-electron chi connectivity index (χ4n) is 2.43. The first-order valence-electron chi connectivity index (χ1n) is 8.35. The SMILES string of the molecule is CC(=C(F)B1OC(C)(C)C(C)(C)O1)c1ccccc1OCCC(F)(F)F. The Morgan fingerprint density at radius 3 is 2.15 bits per heavy atom. The molecule has 8 heteroatoms. The lowest BCUT2D eigenvalue weighted by Crippen LogP contribution is -2.41. The van der Waals surface area contributed by atoms with Gasteiger partial charge in [0.25, 0.3) is 0 Å². The summed E-state index contributed by atoms with van der Waals surface area (Å²) in [5.74, 6) is 0.181. The molecule has 0 aliphatic carbocycles. The third kappa shape index (κ3) is 4.59. The third-order valence-electron chi connectivity index (χ3n) is 4.75. The number of para-hydroxylation sites is 1. The van der Waals surface area contributed by atoms with Gasteiger partial charge in [-0.1, -0.05) is 18.2 Å². The highest BCUT2D eigenvalue weighted by Crippen LogP contribution is 2.41. The van der Waals surface area contributed by atoms with E-state index in [1.807, 2.05) is 27.7 Å². The highest BCUT2D eigenvalue weighted by atomic mass is 19.4. The maximum absolute atomic E-state index is 15.0. The number of allylic oxidation sites excluding steroid dienone is 1. The molecule has 1 aromatic carbocycles. The summed E-state index contributed by atoms with van der Waals surface area (Å²) in [4.78, 5) is 0. The molecular formula is C18H23BF4O3. The summed E-state index contributed by atoms with van der Waals surface area (Å²) in [5, 5.41) is 0. The van der Waals surface area contributed by atoms with Gasteiger partial charge in [0, 0.05) is 5.56 Å². The molecule has 0 bridgehead atoms. The first-order valence-corrected chi connectivity index (χ1v) is 8.35. The molecule has 0 radical (unpaired) electrons. The molecule has 3 nitrogen and oxygen atoms in total. The molecule has 0 atom stereocenters. The molecule has 1 aromatic rings. The molecule has 0 N–H and O–H groups in total. The predicted molar refractivity (Wildman–Crippen MR) is 92.4 cm³/mol. The van der Waals surface area contributed by atoms with Gasteiger partial charge >= 0.3 is 13.3 Å². The van der Waals surface area contributed by atoms with Gasteiger partial charge in [-0.25, -0.2) is 4.39 Å². The molecule has 1 saturated heterocycles. The van der Waals surface area contributed by atoms with E-state index in [0.29, 0.717) is 5.56 Å². The summed E-state index contributed by atoms with van der Waals surface area (Å²) in [6, 6.07) is 6.37. The highest BCUT2D eigenvalue weighted by molar-refractivity contribution is 6.55. The van der Waals surface area contributed by atoms with Crippen LogP contribution in [0.5, 0.6) is 5.75 Å². The average molecular weight is 374 g/mol. The minimum absolute atomic E-state index is 0.181. The van der Waals surface area contributed by atoms with Crippen LogP contribution < -0.4 is 4.74 Å². The number of alkyl halides is 3. The number of hydrogen-bond donors (Lipinski definition) is 0. The summed E-state index contributed by atoms with van der Waals surface area (Å²) in [6.45, 7) is 8.22. The van der Waals surface area contributed by atoms with E-state index in [1.165, 1.54) is 13.0 Å². The Labute approximate surface area is 151 Å². The second kappa shape index (κ2) is 7.23. The van der Waals surface area contributed by atoms with Crippen LogP contribution in [0.3, 0.4) is 0 Å². The fraction of sp³-hybridized carbons (Fsp3) is 0.556. The normalized spacial score (nSPS) is 20.1. The summed E-state index contributed by atoms with van der Waals surface area (Å²) >= 11 is 0. The lowest BCUT2D eigenvalue weighted by atomic mass is 9.83. The molecule has 1 aliphatic rings. The van der Waals surface area contributed by atoms with Crippen LogP contribution in [0.25, 0.3) is 5.57 Å². The Morgan fingerprint density at radius 1 is 1.08 bits per heavy atom. The van der Waals surface area contributed by atoms with Crippen molar-refractivity contribution >= 4 is 12.7 Å². The second-order valence-electron chi connectivity index (χ2n) is 7.27. The molecule has 0 saturated carbocycles. The van der Waals surface area contributed by atoms with E-state index < -0.39 is 43.3 Å². The monoisotopic (exact) mass is 374 g/mol. The van der Waals surface area contributed by atoms with Gasteiger partial charge in [-0.15, -0.1) is 0 Å². The Bertz CT molecular complexity index is 667. The van der Waals surface area contributed by atoms with Crippen molar-refractivity contribution in [1.82, 2.24) is 0 Å². The van der Waals surface area contributed by atoms with Crippen molar-refractivity contribution in [2.75, 3.05) is 6.61 Å². The van der Waals surface area contributed by atoms with Crippen LogP contribution in [-0.4, -0.2) is 31.1 Å². The van der Waals surface area contributed by atoms with Crippen LogP contribution in [0.15, 0.2) is 30.0 Å². The van der Waals surface area contributed by atoms with E-state index in [4.69, 9.17) is 14.0 Å². The zero-order valence-electron chi connectivity index (χ0n) is 15.5. The summed E-state index contributed by atoms with van der Waals surface area (Å²) in [6.07, 6.45) is -5.39. The van der Waals surface area contributed by atoms with Crippen molar-refractivity contribution in [3.63, 3.8) is 0 Å². The molecule has 0 amide bonds. The van der Waals surface area contributed by atoms with Crippen LogP contribution in [0.2, 0.25) is 0 Å². The topological polar surface area (TPSA) is 27.7 Å². The van der Waals surface area contributed by atoms with Gasteiger partial charge < -0.3 is 14.0 Å². The zero-order chi connectivity index (χ0) is 19.8. The van der Waals surface area contributed by atoms with Crippen LogP contribution >= 0.6 is 0 Å². The van der Waals surface area contributed by atoms with E-state index in [0.717, 1.165) is 0 Å². The number of ether oxygens (including phenoxy) is 1. The van der Waals surface area contributed by atoms with Crippen LogP contribution in [0.4, 0.5) is 17.6 Å². The molecule has 1 fully saturated rings. The van der Waals surface area contributed by atoms with Crippen molar-refractivity contribution in [2.45, 2.75) is 58.4 Å². The van der Waals surface area contributed by atoms with E-state index in [2.05, 4.69) is 0 Å². The van der Waals surface area contributed by atoms with Gasteiger partial charge in [0.05, 0.1) is 24.2 Å². The first kappa shape index (κ1) is 20.8. The quantitative estimate of drug-likeness (QED) is 0.514. The third-order valence-corrected chi connectivity index (χ3v) is 4.75. The van der Waals surface area contributed by atoms with Crippen molar-refractivity contribution in [2.24, 2.45) is 0 Å². The smallest absolute Gasteiger partial charge is 0.493 e. The van der Waals surface area contributed by atoms with Crippen molar-refractivity contribution < 1.29 is 31.6 Å². The van der Waals surface area contributed by atoms with Crippen LogP contribution in [0.1, 0.15) is 46.6 Å². The lowest BCUT2D eigenvalue weighted by Gasteiger charge is -2.32. The van der Waals surface area contributed by atoms with Gasteiger partial charge in [0.15, 0.2) is 0 Å². The van der Waals surface area contributed by atoms with E-state index in [-0.39, 0.29) is 11.3 Å². The Morgan fingerprint density at radius 2 is 1.62 bits per heavy atom. The molecule has 1 aliphatic heterocycles. The Balaban J connectivity index is 2.23. The molecule has 144 valence electrons. The highest BCUT2D eigenvalue weighted by Gasteiger charge is 2.53. The van der Waals surface area contributed by atoms with Gasteiger partial charge in [-0.05, 0) is 46.3 Å². The number of hydrogen-bond acceptors (Lipinski definition) is 3. The minimum atomic E-state index is -4.31. The van der Waals surface area contributed by atoms with Crippen molar-refractivity contribution in [3.8, 4) is 5.75 Å². The van der Waals surface area contributed by atoms with Gasteiger partial charge in [0.1, 0.15) is 11.5 Å². The van der Waals surface area contributed by atoms with Crippen LogP contribution in [0, 0.1) is 0 Å². The van der Waals surface area contributed by atoms with E-state index >= 15 is 0 Å². The molecule has 0 spiro atoms. The lowest BCUT2D eigenvalue weighted by molar-refractivity contribution is -0.139. The van der Waals surface area contributed by atoms with Gasteiger partial charge in [-0.2, -0.15) is 13.2 Å². The summed E-state index contributed by atoms with van der Waals surface area (Å²) < 4.78 is 68.5. The molecular weight excluding hydrogens is 351 g/mol. The Hall–Kier alpha value is -1.54. The largest absolute Gasteiger partial charge is 0.525 e. The van der Waals surface area contributed by atoms with Gasteiger partial charge in [0.2, 0.25) is 0 Å². The molecule has 0 unspecified atom stereocenters. The van der Waals surface area contributed by atoms with Crippen molar-refractivity contribution in [1.29, 1.82) is 0 Å². The minimum Gasteiger partial charge on any atom is -0.493 e. The fourth-order valence-corrected chi connectivity index (χ4v) is 2.43. The second-order valence-corrected chi connectivity index (χ2v) is 7.27. The predicted octanol–water partition coefficient (Wildman–Crippen LogP) is 5.35. The summed E-state index contributed by atoms with van der Waals surface area (Å²) in [7, 11) is -1.18. The Kier molecular flexibility index (Phi) is 5.78. The standard InChI is InChI=1S/C18H23BF4O3/c1-12(15(20)19-25-16(2,3)17(4,5)26-19)13-8-6-7-9-14(13)24-11-10-18(21,22)23/h6-9H,10-11H2,1-5H3. The number of benzene rings is 1. The maximum atomic E-state index is 15.0. The zero-order valence-corrected chi connectivity index (χ0v) is 15.5. The molecule has 1 heterocycles. The van der Waals surface area contributed by atoms with E-state index in [9.17, 15) is 17.6 Å². The average Bonchev–Trinajstić information content (AvgIpc) is 2.73. The molecule has 0 aromatic heterocycles. The number of rotatable bonds is 5. The molecule has 26 heavy (non-hydrogen) atoms. The van der Waals surface area contributed by atoms with Crippen molar-refractivity contribution in [3.05, 3.63) is 35.6 Å². The summed E-state index contributed by atoms with van der Waals surface area (Å²) in [5.41, 5.74) is -1.46.